The highest BCUT2D eigenvalue weighted by molar-refractivity contribution is 7.14. The molecule has 0 aliphatic carbocycles. The number of hydrogen-bond acceptors (Lipinski definition) is 7. The number of aliphatic hydroxyl groups excluding tert-OH is 2. The molecular weight excluding hydrogens is 376 g/mol. The lowest BCUT2D eigenvalue weighted by atomic mass is 10.1. The molecule has 12 heteroatoms. The van der Waals surface area contributed by atoms with Gasteiger partial charge in [-0.2, -0.15) is 4.40 Å². The summed E-state index contributed by atoms with van der Waals surface area (Å²) in [6.45, 7) is -0.0381. The molecule has 2 aromatic heterocycles. The van der Waals surface area contributed by atoms with Crippen molar-refractivity contribution in [2.75, 3.05) is 6.54 Å². The monoisotopic (exact) mass is 395 g/mol. The van der Waals surface area contributed by atoms with Gasteiger partial charge < -0.3 is 31.3 Å². The SMILES string of the molecule is NC1C=CN([C@@H]2O[C@H](CNC(=O)c3c[nH]c4scc[n+]34)[C@@H](O)[C@H]2O)C(=O)N1. The number of thiazole rings is 1. The minimum atomic E-state index is -1.33. The first-order valence-electron chi connectivity index (χ1n) is 8.24. The fourth-order valence-electron chi connectivity index (χ4n) is 3.08. The van der Waals surface area contributed by atoms with E-state index in [1.54, 1.807) is 16.8 Å². The van der Waals surface area contributed by atoms with Gasteiger partial charge in [0.1, 0.15) is 30.7 Å². The lowest BCUT2D eigenvalue weighted by Crippen LogP contribution is -2.55. The number of aromatic amines is 1. The van der Waals surface area contributed by atoms with Crippen LogP contribution in [0.25, 0.3) is 4.96 Å². The number of fused-ring (bicyclic) bond motifs is 1. The van der Waals surface area contributed by atoms with Crippen molar-refractivity contribution in [1.82, 2.24) is 20.5 Å². The number of urea groups is 1. The molecule has 1 saturated heterocycles. The summed E-state index contributed by atoms with van der Waals surface area (Å²) in [6.07, 6.45) is 1.07. The quantitative estimate of drug-likeness (QED) is 0.323. The molecule has 0 bridgehead atoms. The summed E-state index contributed by atoms with van der Waals surface area (Å²) in [7, 11) is 0. The van der Waals surface area contributed by atoms with E-state index in [-0.39, 0.29) is 12.5 Å². The molecule has 0 aromatic carbocycles. The van der Waals surface area contributed by atoms with Gasteiger partial charge in [0, 0.05) is 18.1 Å². The Kier molecular flexibility index (Phi) is 4.57. The fourth-order valence-corrected chi connectivity index (χ4v) is 3.79. The molecule has 11 nitrogen and oxygen atoms in total. The van der Waals surface area contributed by atoms with Crippen LogP contribution < -0.4 is 20.8 Å². The van der Waals surface area contributed by atoms with Crippen LogP contribution in [0.15, 0.2) is 30.0 Å². The number of imidazole rings is 1. The second kappa shape index (κ2) is 6.90. The van der Waals surface area contributed by atoms with E-state index in [0.717, 1.165) is 9.86 Å². The highest BCUT2D eigenvalue weighted by Crippen LogP contribution is 2.25. The standard InChI is InChI=1S/C15H18N6O5S/c16-9-1-2-21(14(25)19-9)13-11(23)10(22)8(26-13)6-17-12(24)7-5-18-15-20(7)3-4-27-15/h1-5,8-11,13,22-23H,6,16H2,(H2,17,19,24,25)/p+1/t8-,9?,10-,11-,13-/m1/s1. The molecule has 144 valence electrons. The van der Waals surface area contributed by atoms with Crippen LogP contribution >= 0.6 is 11.3 Å². The number of rotatable bonds is 4. The third-order valence-electron chi connectivity index (χ3n) is 4.49. The maximum absolute atomic E-state index is 12.4. The Morgan fingerprint density at radius 3 is 3.04 bits per heavy atom. The molecule has 2 aliphatic heterocycles. The summed E-state index contributed by atoms with van der Waals surface area (Å²) < 4.78 is 7.32. The van der Waals surface area contributed by atoms with Gasteiger partial charge in [-0.05, 0) is 6.08 Å². The summed E-state index contributed by atoms with van der Waals surface area (Å²) in [6, 6.07) is -0.547. The highest BCUT2D eigenvalue weighted by Gasteiger charge is 2.47. The van der Waals surface area contributed by atoms with Crippen LogP contribution in [0, 0.1) is 0 Å². The molecule has 27 heavy (non-hydrogen) atoms. The summed E-state index contributed by atoms with van der Waals surface area (Å²) in [5.41, 5.74) is 5.99. The fraction of sp³-hybridized carbons (Fsp3) is 0.400. The largest absolute Gasteiger partial charge is 0.387 e. The molecule has 1 fully saturated rings. The molecule has 4 heterocycles. The number of hydrogen-bond donors (Lipinski definition) is 6. The number of carbonyl (C=O) groups excluding carboxylic acids is 2. The topological polar surface area (TPSA) is 157 Å². The van der Waals surface area contributed by atoms with E-state index in [1.807, 2.05) is 5.38 Å². The van der Waals surface area contributed by atoms with Gasteiger partial charge in [0.05, 0.1) is 6.17 Å². The molecule has 7 N–H and O–H groups in total. The van der Waals surface area contributed by atoms with Gasteiger partial charge in [0.25, 0.3) is 5.91 Å². The van der Waals surface area contributed by atoms with Gasteiger partial charge in [0.15, 0.2) is 6.23 Å². The van der Waals surface area contributed by atoms with Gasteiger partial charge in [-0.25, -0.2) is 9.78 Å². The van der Waals surface area contributed by atoms with E-state index in [1.165, 1.54) is 23.6 Å². The summed E-state index contributed by atoms with van der Waals surface area (Å²) >= 11 is 1.46. The molecule has 2 aromatic rings. The van der Waals surface area contributed by atoms with Crippen molar-refractivity contribution in [3.63, 3.8) is 0 Å². The Morgan fingerprint density at radius 1 is 1.44 bits per heavy atom. The van der Waals surface area contributed by atoms with E-state index in [9.17, 15) is 19.8 Å². The van der Waals surface area contributed by atoms with Gasteiger partial charge in [-0.1, -0.05) is 11.3 Å². The molecule has 5 atom stereocenters. The van der Waals surface area contributed by atoms with Crippen molar-refractivity contribution in [1.29, 1.82) is 0 Å². The molecule has 0 radical (unpaired) electrons. The first-order valence-corrected chi connectivity index (χ1v) is 9.12. The average Bonchev–Trinajstić information content (AvgIpc) is 3.30. The molecule has 0 spiro atoms. The lowest BCUT2D eigenvalue weighted by molar-refractivity contribution is -0.508. The van der Waals surface area contributed by atoms with Crippen LogP contribution in [0.5, 0.6) is 0 Å². The van der Waals surface area contributed by atoms with Crippen LogP contribution in [-0.2, 0) is 4.74 Å². The van der Waals surface area contributed by atoms with Gasteiger partial charge >= 0.3 is 11.0 Å². The number of ether oxygens (including phenoxy) is 1. The highest BCUT2D eigenvalue weighted by atomic mass is 32.1. The second-order valence-electron chi connectivity index (χ2n) is 6.23. The van der Waals surface area contributed by atoms with E-state index >= 15 is 0 Å². The van der Waals surface area contributed by atoms with Crippen molar-refractivity contribution >= 4 is 28.2 Å². The van der Waals surface area contributed by atoms with Gasteiger partial charge in [-0.3, -0.25) is 9.69 Å². The normalized spacial score (nSPS) is 30.7. The third-order valence-corrected chi connectivity index (χ3v) is 5.28. The minimum Gasteiger partial charge on any atom is -0.387 e. The first kappa shape index (κ1) is 17.9. The van der Waals surface area contributed by atoms with Crippen molar-refractivity contribution in [3.8, 4) is 0 Å². The lowest BCUT2D eigenvalue weighted by Gasteiger charge is -2.31. The Bertz CT molecular complexity index is 896. The Hall–Kier alpha value is -2.51. The molecule has 0 saturated carbocycles. The summed E-state index contributed by atoms with van der Waals surface area (Å²) in [5, 5.41) is 27.5. The number of aliphatic hydroxyl groups is 2. The number of aromatic nitrogens is 2. The number of H-pyrrole nitrogens is 1. The Morgan fingerprint density at radius 2 is 2.26 bits per heavy atom. The number of nitrogens with zero attached hydrogens (tertiary/aromatic N) is 2. The average molecular weight is 395 g/mol. The van der Waals surface area contributed by atoms with E-state index in [0.29, 0.717) is 5.69 Å². The van der Waals surface area contributed by atoms with Crippen LogP contribution in [0.4, 0.5) is 4.79 Å². The van der Waals surface area contributed by atoms with Crippen LogP contribution in [0.1, 0.15) is 10.5 Å². The Balaban J connectivity index is 1.41. The zero-order valence-corrected chi connectivity index (χ0v) is 14.8. The zero-order valence-electron chi connectivity index (χ0n) is 14.0. The second-order valence-corrected chi connectivity index (χ2v) is 7.13. The van der Waals surface area contributed by atoms with E-state index in [2.05, 4.69) is 15.6 Å². The number of nitrogens with one attached hydrogen (secondary N) is 3. The molecule has 4 rings (SSSR count). The van der Waals surface area contributed by atoms with Gasteiger partial charge in [-0.15, -0.1) is 0 Å². The molecule has 1 unspecified atom stereocenters. The number of amides is 3. The molecular formula is C15H19N6O5S+. The predicted molar refractivity (Wildman–Crippen MR) is 92.3 cm³/mol. The first-order chi connectivity index (χ1) is 13.0. The molecule has 3 amide bonds. The van der Waals surface area contributed by atoms with E-state index in [4.69, 9.17) is 10.5 Å². The van der Waals surface area contributed by atoms with Crippen molar-refractivity contribution in [2.24, 2.45) is 5.73 Å². The number of carbonyl (C=O) groups is 2. The van der Waals surface area contributed by atoms with Crippen molar-refractivity contribution in [3.05, 3.63) is 35.7 Å². The summed E-state index contributed by atoms with van der Waals surface area (Å²) in [4.78, 5) is 29.3. The van der Waals surface area contributed by atoms with E-state index < -0.39 is 36.7 Å². The van der Waals surface area contributed by atoms with Crippen LogP contribution in [0.2, 0.25) is 0 Å². The number of nitrogens with two attached hydrogens (primary N) is 1. The maximum atomic E-state index is 12.4. The predicted octanol–water partition coefficient (Wildman–Crippen LogP) is -2.18. The Labute approximate surface area is 157 Å². The summed E-state index contributed by atoms with van der Waals surface area (Å²) in [5.74, 6) is -0.361. The smallest absolute Gasteiger partial charge is 0.344 e. The van der Waals surface area contributed by atoms with Gasteiger partial charge in [0.2, 0.25) is 5.69 Å². The third kappa shape index (κ3) is 3.17. The zero-order chi connectivity index (χ0) is 19.1. The van der Waals surface area contributed by atoms with Crippen LogP contribution in [-0.4, -0.2) is 69.3 Å². The maximum Gasteiger partial charge on any atom is 0.344 e. The molecule has 2 aliphatic rings. The van der Waals surface area contributed by atoms with Crippen LogP contribution in [0.3, 0.4) is 0 Å². The van der Waals surface area contributed by atoms with Crippen molar-refractivity contribution in [2.45, 2.75) is 30.7 Å². The van der Waals surface area contributed by atoms with Crippen molar-refractivity contribution < 1.29 is 28.9 Å². The minimum absolute atomic E-state index is 0.0381.